The normalized spacial score (nSPS) is 15.9. The van der Waals surface area contributed by atoms with E-state index in [0.717, 1.165) is 86.7 Å². The fourth-order valence-corrected chi connectivity index (χ4v) is 10.8. The standard InChI is InChI=1S/C62H60N2O8/c1-39(2)59(65)70-33-31-63-60(66)71-38-40-12-11-32-64(37-40)54-35-51-52(36-55(54)69-7)58-50(29-30-62(72-58,45-20-24-47(67-5)25-21-45)46-22-26-48(68-6)27-23-46)57-56(51)49-28-19-44(34-53(49)61(57,3)4)43-17-15-42(16-18-43)41-13-9-8-10-14-41/h8-10,13-30,34-36,40H,1,11-12,31-33,37-38H2,2-7H3,(H,63,66). The van der Waals surface area contributed by atoms with Gasteiger partial charge in [0.15, 0.2) is 5.60 Å². The molecule has 2 heterocycles. The van der Waals surface area contributed by atoms with E-state index in [-0.39, 0.29) is 25.7 Å². The van der Waals surface area contributed by atoms with E-state index in [1.165, 1.54) is 33.4 Å². The van der Waals surface area contributed by atoms with Crippen molar-refractivity contribution in [1.29, 1.82) is 0 Å². The van der Waals surface area contributed by atoms with Crippen molar-refractivity contribution in [1.82, 2.24) is 5.32 Å². The molecular weight excluding hydrogens is 901 g/mol. The van der Waals surface area contributed by atoms with Crippen molar-refractivity contribution < 1.29 is 38.0 Å². The summed E-state index contributed by atoms with van der Waals surface area (Å²) in [4.78, 5) is 26.9. The number of piperidine rings is 1. The fourth-order valence-electron chi connectivity index (χ4n) is 10.8. The van der Waals surface area contributed by atoms with Gasteiger partial charge < -0.3 is 38.6 Å². The van der Waals surface area contributed by atoms with Crippen LogP contribution in [0.25, 0.3) is 50.2 Å². The van der Waals surface area contributed by atoms with Crippen LogP contribution in [0, 0.1) is 5.92 Å². The van der Waals surface area contributed by atoms with Gasteiger partial charge in [-0.1, -0.05) is 117 Å². The molecule has 1 saturated heterocycles. The molecule has 3 aliphatic rings. The Balaban J connectivity index is 1.08. The zero-order valence-electron chi connectivity index (χ0n) is 41.8. The average molecular weight is 961 g/mol. The maximum absolute atomic E-state index is 12.7. The summed E-state index contributed by atoms with van der Waals surface area (Å²) in [7, 11) is 5.07. The number of nitrogens with one attached hydrogen (secondary N) is 1. The second-order valence-corrected chi connectivity index (χ2v) is 19.4. The number of amides is 1. The summed E-state index contributed by atoms with van der Waals surface area (Å²) in [5.74, 6) is 2.57. The molecule has 10 rings (SSSR count). The molecule has 1 fully saturated rings. The van der Waals surface area contributed by atoms with Crippen molar-refractivity contribution in [3.05, 3.63) is 180 Å². The zero-order valence-corrected chi connectivity index (χ0v) is 41.8. The molecule has 1 unspecified atom stereocenters. The molecule has 1 aliphatic carbocycles. The van der Waals surface area contributed by atoms with Crippen LogP contribution in [0.15, 0.2) is 152 Å². The van der Waals surface area contributed by atoms with Gasteiger partial charge in [-0.3, -0.25) is 0 Å². The maximum atomic E-state index is 12.7. The molecule has 72 heavy (non-hydrogen) atoms. The largest absolute Gasteiger partial charge is 0.497 e. The number of nitrogens with zero attached hydrogens (tertiary/aromatic N) is 1. The topological polar surface area (TPSA) is 105 Å². The highest BCUT2D eigenvalue weighted by Crippen LogP contribution is 2.60. The molecule has 2 aliphatic heterocycles. The number of anilines is 1. The Labute approximate surface area is 421 Å². The summed E-state index contributed by atoms with van der Waals surface area (Å²) in [5, 5.41) is 4.69. The first-order valence-corrected chi connectivity index (χ1v) is 24.6. The zero-order chi connectivity index (χ0) is 50.1. The van der Waals surface area contributed by atoms with E-state index in [0.29, 0.717) is 12.1 Å². The van der Waals surface area contributed by atoms with Crippen LogP contribution in [-0.2, 0) is 25.3 Å². The first kappa shape index (κ1) is 47.7. The monoisotopic (exact) mass is 960 g/mol. The second kappa shape index (κ2) is 19.7. The van der Waals surface area contributed by atoms with Gasteiger partial charge >= 0.3 is 12.1 Å². The minimum atomic E-state index is -1.02. The van der Waals surface area contributed by atoms with Crippen LogP contribution < -0.4 is 29.2 Å². The van der Waals surface area contributed by atoms with Crippen molar-refractivity contribution in [3.63, 3.8) is 0 Å². The van der Waals surface area contributed by atoms with Crippen LogP contribution in [0.4, 0.5) is 10.5 Å². The van der Waals surface area contributed by atoms with Crippen molar-refractivity contribution in [2.24, 2.45) is 5.92 Å². The van der Waals surface area contributed by atoms with Crippen LogP contribution in [-0.4, -0.2) is 66.2 Å². The van der Waals surface area contributed by atoms with Gasteiger partial charge in [-0.25, -0.2) is 9.59 Å². The van der Waals surface area contributed by atoms with Gasteiger partial charge in [-0.05, 0) is 118 Å². The van der Waals surface area contributed by atoms with Crippen molar-refractivity contribution >= 4 is 34.6 Å². The number of methoxy groups -OCH3 is 3. The first-order valence-electron chi connectivity index (χ1n) is 24.6. The number of hydrogen-bond donors (Lipinski definition) is 1. The molecule has 0 aromatic heterocycles. The summed E-state index contributed by atoms with van der Waals surface area (Å²) in [6.45, 7) is 11.7. The van der Waals surface area contributed by atoms with Crippen LogP contribution in [0.5, 0.6) is 23.0 Å². The molecule has 0 spiro atoms. The molecule has 1 atom stereocenters. The molecule has 1 N–H and O–H groups in total. The van der Waals surface area contributed by atoms with Crippen LogP contribution in [0.3, 0.4) is 0 Å². The Morgan fingerprint density at radius 2 is 1.39 bits per heavy atom. The quantitative estimate of drug-likeness (QED) is 0.0648. The number of rotatable bonds is 14. The van der Waals surface area contributed by atoms with Crippen molar-refractivity contribution in [2.45, 2.75) is 44.6 Å². The second-order valence-electron chi connectivity index (χ2n) is 19.4. The molecule has 7 aromatic rings. The number of fused-ring (bicyclic) bond motifs is 8. The number of alkyl carbamates (subject to hydrolysis) is 1. The van der Waals surface area contributed by atoms with Gasteiger partial charge in [0, 0.05) is 52.1 Å². The molecule has 7 aromatic carbocycles. The predicted molar refractivity (Wildman–Crippen MR) is 285 cm³/mol. The molecule has 10 nitrogen and oxygen atoms in total. The molecule has 0 saturated carbocycles. The number of carbonyl (C=O) groups excluding carboxylic acids is 2. The number of carbonyl (C=O) groups is 2. The Hall–Kier alpha value is -7.98. The van der Waals surface area contributed by atoms with Gasteiger partial charge in [0.2, 0.25) is 0 Å². The third kappa shape index (κ3) is 8.80. The molecule has 1 amide bonds. The van der Waals surface area contributed by atoms with E-state index < -0.39 is 23.1 Å². The number of benzene rings is 7. The summed E-state index contributed by atoms with van der Waals surface area (Å²) < 4.78 is 36.1. The van der Waals surface area contributed by atoms with Gasteiger partial charge in [0.1, 0.15) is 29.6 Å². The predicted octanol–water partition coefficient (Wildman–Crippen LogP) is 12.9. The number of esters is 1. The summed E-state index contributed by atoms with van der Waals surface area (Å²) in [6.07, 6.45) is 5.72. The summed E-state index contributed by atoms with van der Waals surface area (Å²) in [6, 6.07) is 46.9. The van der Waals surface area contributed by atoms with Gasteiger partial charge in [0.25, 0.3) is 0 Å². The lowest BCUT2D eigenvalue weighted by atomic mass is 9.76. The molecule has 10 heteroatoms. The first-order chi connectivity index (χ1) is 34.9. The van der Waals surface area contributed by atoms with Gasteiger partial charge in [-0.15, -0.1) is 0 Å². The summed E-state index contributed by atoms with van der Waals surface area (Å²) in [5.41, 5.74) is 12.2. The van der Waals surface area contributed by atoms with Crippen LogP contribution in [0.1, 0.15) is 61.4 Å². The smallest absolute Gasteiger partial charge is 0.407 e. The minimum Gasteiger partial charge on any atom is -0.497 e. The molecule has 0 radical (unpaired) electrons. The third-order valence-corrected chi connectivity index (χ3v) is 14.6. The van der Waals surface area contributed by atoms with E-state index in [4.69, 9.17) is 28.4 Å². The highest BCUT2D eigenvalue weighted by atomic mass is 16.6. The highest BCUT2D eigenvalue weighted by Gasteiger charge is 2.45. The Morgan fingerprint density at radius 3 is 2.03 bits per heavy atom. The Bertz CT molecular complexity index is 3170. The highest BCUT2D eigenvalue weighted by molar-refractivity contribution is 6.10. The average Bonchev–Trinajstić information content (AvgIpc) is 3.66. The van der Waals surface area contributed by atoms with Crippen LogP contribution >= 0.6 is 0 Å². The van der Waals surface area contributed by atoms with Gasteiger partial charge in [-0.2, -0.15) is 0 Å². The minimum absolute atomic E-state index is 0.0315. The van der Waals surface area contributed by atoms with E-state index >= 15 is 0 Å². The van der Waals surface area contributed by atoms with Crippen molar-refractivity contribution in [3.8, 4) is 56.4 Å². The molecule has 366 valence electrons. The fraction of sp³-hybridized carbons (Fsp3) is 0.258. The van der Waals surface area contributed by atoms with E-state index in [1.54, 1.807) is 28.3 Å². The molecular formula is C62H60N2O8. The lowest BCUT2D eigenvalue weighted by Gasteiger charge is -2.39. The van der Waals surface area contributed by atoms with Gasteiger partial charge in [0.05, 0.1) is 40.2 Å². The maximum Gasteiger partial charge on any atom is 0.407 e. The number of hydrogen-bond acceptors (Lipinski definition) is 9. The molecule has 0 bridgehead atoms. The van der Waals surface area contributed by atoms with E-state index in [2.05, 4.69) is 146 Å². The lowest BCUT2D eigenvalue weighted by molar-refractivity contribution is -0.138. The van der Waals surface area contributed by atoms with Crippen molar-refractivity contribution in [2.75, 3.05) is 59.1 Å². The summed E-state index contributed by atoms with van der Waals surface area (Å²) >= 11 is 0. The Kier molecular flexibility index (Phi) is 13.0. The third-order valence-electron chi connectivity index (χ3n) is 14.6. The Morgan fingerprint density at radius 1 is 0.750 bits per heavy atom. The SMILES string of the molecule is C=C(C)C(=O)OCCNC(=O)OCC1CCCN(c2cc3c4c(c5c(c3cc2OC)OC(c2ccc(OC)cc2)(c2ccc(OC)cc2)C=C5)C(C)(C)c2cc(-c3ccc(-c5ccccc5)cc3)ccc2-4)C1. The number of ether oxygens (including phenoxy) is 6. The lowest BCUT2D eigenvalue weighted by Crippen LogP contribution is -2.39. The van der Waals surface area contributed by atoms with Crippen LogP contribution in [0.2, 0.25) is 0 Å². The van der Waals surface area contributed by atoms with E-state index in [9.17, 15) is 9.59 Å². The van der Waals surface area contributed by atoms with E-state index in [1.807, 2.05) is 30.3 Å².